The zero-order valence-electron chi connectivity index (χ0n) is 17.3. The minimum Gasteiger partial charge on any atom is -0.497 e. The highest BCUT2D eigenvalue weighted by Crippen LogP contribution is 2.31. The lowest BCUT2D eigenvalue weighted by Crippen LogP contribution is -2.47. The Balaban J connectivity index is 0.00000300. The van der Waals surface area contributed by atoms with Gasteiger partial charge < -0.3 is 24.6 Å². The predicted molar refractivity (Wildman–Crippen MR) is 114 cm³/mol. The fraction of sp³-hybridized carbons (Fsp3) is 0.600. The monoisotopic (exact) mass is 426 g/mol. The van der Waals surface area contributed by atoms with Crippen LogP contribution in [0.2, 0.25) is 0 Å². The molecule has 2 amide bonds. The number of methoxy groups -OCH3 is 2. The number of benzene rings is 1. The van der Waals surface area contributed by atoms with Crippen molar-refractivity contribution in [1.82, 2.24) is 15.1 Å². The number of amides is 2. The van der Waals surface area contributed by atoms with Crippen LogP contribution in [0, 0.1) is 0 Å². The third kappa shape index (κ3) is 5.52. The quantitative estimate of drug-likeness (QED) is 0.700. The van der Waals surface area contributed by atoms with E-state index in [4.69, 9.17) is 9.47 Å². The van der Waals surface area contributed by atoms with E-state index in [1.165, 1.54) is 0 Å². The van der Waals surface area contributed by atoms with E-state index >= 15 is 0 Å². The zero-order valence-corrected chi connectivity index (χ0v) is 18.2. The molecule has 2 fully saturated rings. The first-order chi connectivity index (χ1) is 13.5. The van der Waals surface area contributed by atoms with Crippen molar-refractivity contribution in [2.75, 3.05) is 65.4 Å². The minimum atomic E-state index is -0.215. The molecule has 0 saturated carbocycles. The van der Waals surface area contributed by atoms with Crippen LogP contribution in [0.1, 0.15) is 12.8 Å². The standard InChI is InChI=1S/C20H30N4O4.ClH/c1-22(8-5-19(25)23-10-6-21-7-11-23)18-4-9-24(20(18)26)15-12-16(27-2)14-17(13-15)28-3;/h12-14,18,21H,4-11H2,1-3H3;1H. The van der Waals surface area contributed by atoms with Crippen LogP contribution in [0.3, 0.4) is 0 Å². The lowest BCUT2D eigenvalue weighted by atomic mass is 10.2. The molecule has 9 heteroatoms. The van der Waals surface area contributed by atoms with Gasteiger partial charge in [0.1, 0.15) is 11.5 Å². The van der Waals surface area contributed by atoms with Gasteiger partial charge in [0, 0.05) is 63.9 Å². The SMILES string of the molecule is COc1cc(OC)cc(N2CCC(N(C)CCC(=O)N3CCNCC3)C2=O)c1.Cl. The maximum absolute atomic E-state index is 13.0. The van der Waals surface area contributed by atoms with E-state index < -0.39 is 0 Å². The molecule has 2 heterocycles. The summed E-state index contributed by atoms with van der Waals surface area (Å²) in [7, 11) is 5.11. The first kappa shape index (κ1) is 23.3. The van der Waals surface area contributed by atoms with Crippen LogP contribution in [0.4, 0.5) is 5.69 Å². The van der Waals surface area contributed by atoms with Gasteiger partial charge in [0.05, 0.1) is 25.9 Å². The van der Waals surface area contributed by atoms with Crippen molar-refractivity contribution in [3.05, 3.63) is 18.2 Å². The van der Waals surface area contributed by atoms with Gasteiger partial charge in [0.25, 0.3) is 0 Å². The molecule has 1 N–H and O–H groups in total. The predicted octanol–water partition coefficient (Wildman–Crippen LogP) is 0.985. The molecule has 1 aromatic carbocycles. The summed E-state index contributed by atoms with van der Waals surface area (Å²) >= 11 is 0. The number of ether oxygens (including phenoxy) is 2. The lowest BCUT2D eigenvalue weighted by molar-refractivity contribution is -0.132. The molecule has 0 aliphatic carbocycles. The second kappa shape index (κ2) is 10.7. The van der Waals surface area contributed by atoms with Gasteiger partial charge in [0.2, 0.25) is 11.8 Å². The summed E-state index contributed by atoms with van der Waals surface area (Å²) in [4.78, 5) is 31.0. The van der Waals surface area contributed by atoms with Crippen LogP contribution >= 0.6 is 12.4 Å². The summed E-state index contributed by atoms with van der Waals surface area (Å²) in [5, 5.41) is 3.25. The van der Waals surface area contributed by atoms with Crippen molar-refractivity contribution in [2.45, 2.75) is 18.9 Å². The third-order valence-electron chi connectivity index (χ3n) is 5.51. The number of halogens is 1. The molecule has 0 radical (unpaired) electrons. The molecule has 2 saturated heterocycles. The maximum Gasteiger partial charge on any atom is 0.244 e. The van der Waals surface area contributed by atoms with Crippen LogP contribution in [-0.2, 0) is 9.59 Å². The van der Waals surface area contributed by atoms with Crippen molar-refractivity contribution in [2.24, 2.45) is 0 Å². The topological polar surface area (TPSA) is 74.4 Å². The molecular weight excluding hydrogens is 396 g/mol. The Kier molecular flexibility index (Phi) is 8.55. The molecule has 1 atom stereocenters. The number of rotatable bonds is 7. The van der Waals surface area contributed by atoms with E-state index in [0.717, 1.165) is 38.3 Å². The molecule has 0 spiro atoms. The van der Waals surface area contributed by atoms with Crippen LogP contribution < -0.4 is 19.7 Å². The molecule has 8 nitrogen and oxygen atoms in total. The Hall–Kier alpha value is -2.03. The van der Waals surface area contributed by atoms with Gasteiger partial charge in [-0.3, -0.25) is 14.5 Å². The summed E-state index contributed by atoms with van der Waals surface area (Å²) in [5.41, 5.74) is 0.772. The number of carbonyl (C=O) groups excluding carboxylic acids is 2. The molecule has 1 aromatic rings. The van der Waals surface area contributed by atoms with E-state index in [0.29, 0.717) is 31.0 Å². The minimum absolute atomic E-state index is 0. The van der Waals surface area contributed by atoms with Gasteiger partial charge in [-0.1, -0.05) is 0 Å². The second-order valence-electron chi connectivity index (χ2n) is 7.23. The maximum atomic E-state index is 13.0. The Morgan fingerprint density at radius 1 is 1.14 bits per heavy atom. The van der Waals surface area contributed by atoms with Crippen LogP contribution in [0.15, 0.2) is 18.2 Å². The number of nitrogens with one attached hydrogen (secondary N) is 1. The third-order valence-corrected chi connectivity index (χ3v) is 5.51. The number of nitrogens with zero attached hydrogens (tertiary/aromatic N) is 3. The summed E-state index contributed by atoms with van der Waals surface area (Å²) < 4.78 is 10.6. The van der Waals surface area contributed by atoms with E-state index in [2.05, 4.69) is 5.32 Å². The van der Waals surface area contributed by atoms with Crippen molar-refractivity contribution in [3.8, 4) is 11.5 Å². The number of hydrogen-bond acceptors (Lipinski definition) is 6. The molecule has 162 valence electrons. The molecule has 2 aliphatic rings. The fourth-order valence-electron chi connectivity index (χ4n) is 3.78. The number of piperazine rings is 1. The fourth-order valence-corrected chi connectivity index (χ4v) is 3.78. The van der Waals surface area contributed by atoms with Gasteiger partial charge in [0.15, 0.2) is 0 Å². The highest BCUT2D eigenvalue weighted by molar-refractivity contribution is 5.99. The smallest absolute Gasteiger partial charge is 0.244 e. The first-order valence-corrected chi connectivity index (χ1v) is 9.76. The van der Waals surface area contributed by atoms with Crippen molar-refractivity contribution < 1.29 is 19.1 Å². The summed E-state index contributed by atoms with van der Waals surface area (Å²) in [6.07, 6.45) is 1.17. The summed E-state index contributed by atoms with van der Waals surface area (Å²) in [6.45, 7) is 4.43. The molecule has 3 rings (SSSR count). The lowest BCUT2D eigenvalue weighted by Gasteiger charge is -2.29. The normalized spacial score (nSPS) is 19.3. The summed E-state index contributed by atoms with van der Waals surface area (Å²) in [5.74, 6) is 1.52. The van der Waals surface area contributed by atoms with E-state index in [1.54, 1.807) is 25.2 Å². The van der Waals surface area contributed by atoms with Crippen molar-refractivity contribution in [1.29, 1.82) is 0 Å². The average Bonchev–Trinajstić information content (AvgIpc) is 3.13. The molecule has 0 aromatic heterocycles. The molecule has 2 aliphatic heterocycles. The van der Waals surface area contributed by atoms with Gasteiger partial charge in [-0.2, -0.15) is 0 Å². The number of hydrogen-bond donors (Lipinski definition) is 1. The molecule has 29 heavy (non-hydrogen) atoms. The van der Waals surface area contributed by atoms with Gasteiger partial charge in [-0.25, -0.2) is 0 Å². The van der Waals surface area contributed by atoms with E-state index in [-0.39, 0.29) is 30.3 Å². The first-order valence-electron chi connectivity index (χ1n) is 9.76. The number of carbonyl (C=O) groups is 2. The number of anilines is 1. The van der Waals surface area contributed by atoms with Crippen LogP contribution in [-0.4, -0.2) is 88.2 Å². The second-order valence-corrected chi connectivity index (χ2v) is 7.23. The summed E-state index contributed by atoms with van der Waals surface area (Å²) in [6, 6.07) is 5.26. The Labute approximate surface area is 178 Å². The van der Waals surface area contributed by atoms with Crippen molar-refractivity contribution in [3.63, 3.8) is 0 Å². The highest BCUT2D eigenvalue weighted by atomic mass is 35.5. The van der Waals surface area contributed by atoms with Crippen LogP contribution in [0.25, 0.3) is 0 Å². The van der Waals surface area contributed by atoms with Gasteiger partial charge >= 0.3 is 0 Å². The number of likely N-dealkylation sites (N-methyl/N-ethyl adjacent to an activating group) is 1. The van der Waals surface area contributed by atoms with E-state index in [9.17, 15) is 9.59 Å². The largest absolute Gasteiger partial charge is 0.497 e. The Bertz CT molecular complexity index is 689. The Morgan fingerprint density at radius 3 is 2.34 bits per heavy atom. The van der Waals surface area contributed by atoms with Crippen LogP contribution in [0.5, 0.6) is 11.5 Å². The Morgan fingerprint density at radius 2 is 1.76 bits per heavy atom. The zero-order chi connectivity index (χ0) is 20.1. The van der Waals surface area contributed by atoms with Gasteiger partial charge in [-0.05, 0) is 13.5 Å². The molecule has 0 bridgehead atoms. The van der Waals surface area contributed by atoms with E-state index in [1.807, 2.05) is 29.0 Å². The highest BCUT2D eigenvalue weighted by Gasteiger charge is 2.35. The molecular formula is C20H31ClN4O4. The molecule has 1 unspecified atom stereocenters. The average molecular weight is 427 g/mol. The van der Waals surface area contributed by atoms with Crippen molar-refractivity contribution >= 4 is 29.9 Å². The van der Waals surface area contributed by atoms with Gasteiger partial charge in [-0.15, -0.1) is 12.4 Å².